The molecule has 0 heterocycles. The molecule has 3 atom stereocenters. The van der Waals surface area contributed by atoms with E-state index < -0.39 is 52.5 Å². The highest BCUT2D eigenvalue weighted by atomic mass is 32.2. The normalized spacial score (nSPS) is 13.8. The summed E-state index contributed by atoms with van der Waals surface area (Å²) in [6.45, 7) is 27.2. The monoisotopic (exact) mass is 896 g/mol. The van der Waals surface area contributed by atoms with Crippen LogP contribution in [-0.4, -0.2) is 148 Å². The number of ether oxygens (including phenoxy) is 7. The number of hydrogen-bond donors (Lipinski definition) is 1. The largest absolute Gasteiger partial charge is 0.491 e. The average molecular weight is 896 g/mol. The lowest BCUT2D eigenvalue weighted by molar-refractivity contribution is -0.142. The second-order valence-electron chi connectivity index (χ2n) is 17.9. The van der Waals surface area contributed by atoms with E-state index in [9.17, 15) is 24.0 Å². The van der Waals surface area contributed by atoms with Crippen LogP contribution >= 0.6 is 11.8 Å². The molecule has 0 spiro atoms. The SMILES string of the molecule is CCOC(=O)/C(C)=C/[C@H](C(C)C)N(C)C(=O)[C@@H](NC(=O)[C@@H](N(C)C(=O)OC(C)(C)C)C(C)(C)c1cccc(OCCOCCOCCOCCOCCSC(C)=O)c1)C(C)(C)C. The van der Waals surface area contributed by atoms with E-state index in [2.05, 4.69) is 5.32 Å². The molecule has 3 amide bonds. The molecule has 0 saturated heterocycles. The Morgan fingerprint density at radius 2 is 1.31 bits per heavy atom. The molecule has 1 aromatic rings. The fourth-order valence-electron chi connectivity index (χ4n) is 6.34. The average Bonchev–Trinajstić information content (AvgIpc) is 3.17. The molecular weight excluding hydrogens is 819 g/mol. The summed E-state index contributed by atoms with van der Waals surface area (Å²) in [5, 5.41) is 3.11. The topological polar surface area (TPSA) is 168 Å². The van der Waals surface area contributed by atoms with Crippen LogP contribution in [0.25, 0.3) is 0 Å². The van der Waals surface area contributed by atoms with Gasteiger partial charge >= 0.3 is 12.1 Å². The van der Waals surface area contributed by atoms with Crippen molar-refractivity contribution < 1.29 is 57.1 Å². The van der Waals surface area contributed by atoms with E-state index in [1.165, 1.54) is 30.6 Å². The minimum absolute atomic E-state index is 0.0754. The van der Waals surface area contributed by atoms with Gasteiger partial charge in [-0.1, -0.05) is 78.4 Å². The summed E-state index contributed by atoms with van der Waals surface area (Å²) in [6, 6.07) is 4.67. The maximum Gasteiger partial charge on any atom is 0.410 e. The Morgan fingerprint density at radius 3 is 1.79 bits per heavy atom. The van der Waals surface area contributed by atoms with Gasteiger partial charge in [0.25, 0.3) is 0 Å². The van der Waals surface area contributed by atoms with Crippen molar-refractivity contribution in [3.8, 4) is 5.75 Å². The molecule has 16 heteroatoms. The van der Waals surface area contributed by atoms with Gasteiger partial charge < -0.3 is 43.4 Å². The van der Waals surface area contributed by atoms with Crippen molar-refractivity contribution in [1.82, 2.24) is 15.1 Å². The third-order valence-corrected chi connectivity index (χ3v) is 10.4. The van der Waals surface area contributed by atoms with Crippen LogP contribution in [-0.2, 0) is 53.0 Å². The highest BCUT2D eigenvalue weighted by molar-refractivity contribution is 8.13. The number of esters is 1. The third kappa shape index (κ3) is 20.7. The fraction of sp³-hybridized carbons (Fsp3) is 0.717. The fourth-order valence-corrected chi connectivity index (χ4v) is 6.83. The van der Waals surface area contributed by atoms with Gasteiger partial charge in [0.05, 0.1) is 65.5 Å². The first-order chi connectivity index (χ1) is 28.8. The lowest BCUT2D eigenvalue weighted by atomic mass is 9.76. The van der Waals surface area contributed by atoms with Crippen molar-refractivity contribution in [2.24, 2.45) is 11.3 Å². The Morgan fingerprint density at radius 1 is 0.774 bits per heavy atom. The standard InChI is InChI=1S/C46H77N3O12S/c1-16-59-42(53)33(4)30-37(32(2)3)48(14)41(52)38(44(6,7)8)47-40(51)39(49(15)43(54)61-45(9,10)11)46(12,13)35-18-17-19-36(31-35)60-27-26-57-23-22-55-20-21-56-24-25-58-28-29-62-34(5)50/h17-19,30-32,37-39H,16,20-29H2,1-15H3,(H,47,51)/b33-30+/t37-,38-,39-/m1/s1. The molecule has 62 heavy (non-hydrogen) atoms. The summed E-state index contributed by atoms with van der Waals surface area (Å²) in [7, 11) is 3.17. The predicted octanol–water partition coefficient (Wildman–Crippen LogP) is 6.45. The molecule has 1 rings (SSSR count). The molecule has 1 N–H and O–H groups in total. The van der Waals surface area contributed by atoms with Crippen molar-refractivity contribution in [2.75, 3.05) is 85.9 Å². The molecule has 15 nitrogen and oxygen atoms in total. The molecule has 0 saturated carbocycles. The summed E-state index contributed by atoms with van der Waals surface area (Å²) in [5.74, 6) is -0.271. The summed E-state index contributed by atoms with van der Waals surface area (Å²) >= 11 is 1.24. The van der Waals surface area contributed by atoms with Crippen LogP contribution in [0.4, 0.5) is 4.79 Å². The summed E-state index contributed by atoms with van der Waals surface area (Å²) in [4.78, 5) is 69.1. The minimum Gasteiger partial charge on any atom is -0.491 e. The quantitative estimate of drug-likeness (QED) is 0.0582. The van der Waals surface area contributed by atoms with Crippen LogP contribution in [0.2, 0.25) is 0 Å². The van der Waals surface area contributed by atoms with Gasteiger partial charge in [-0.2, -0.15) is 0 Å². The number of thioether (sulfide) groups is 1. The zero-order chi connectivity index (χ0) is 47.3. The Labute approximate surface area is 375 Å². The van der Waals surface area contributed by atoms with E-state index in [4.69, 9.17) is 33.2 Å². The first-order valence-electron chi connectivity index (χ1n) is 21.4. The summed E-state index contributed by atoms with van der Waals surface area (Å²) in [6.07, 6.45) is 1.02. The number of hydrogen-bond acceptors (Lipinski definition) is 13. The Hall–Kier alpha value is -3.70. The molecule has 0 aliphatic rings. The molecular formula is C46H77N3O12S. The van der Waals surface area contributed by atoms with Crippen LogP contribution in [0.5, 0.6) is 5.75 Å². The number of carbonyl (C=O) groups excluding carboxylic acids is 5. The lowest BCUT2D eigenvalue weighted by Crippen LogP contribution is -2.63. The molecule has 0 aliphatic carbocycles. The zero-order valence-corrected chi connectivity index (χ0v) is 41.0. The minimum atomic E-state index is -1.15. The van der Waals surface area contributed by atoms with Crippen LogP contribution < -0.4 is 10.1 Å². The van der Waals surface area contributed by atoms with E-state index in [1.807, 2.05) is 66.7 Å². The number of nitrogens with zero attached hydrogens (tertiary/aromatic N) is 2. The zero-order valence-electron chi connectivity index (χ0n) is 40.2. The second kappa shape index (κ2) is 27.5. The molecule has 0 bridgehead atoms. The number of rotatable bonds is 27. The Kier molecular flexibility index (Phi) is 25.0. The van der Waals surface area contributed by atoms with Crippen LogP contribution in [0.1, 0.15) is 95.6 Å². The van der Waals surface area contributed by atoms with Crippen molar-refractivity contribution in [1.29, 1.82) is 0 Å². The molecule has 0 unspecified atom stereocenters. The second-order valence-corrected chi connectivity index (χ2v) is 19.2. The number of nitrogens with one attached hydrogen (secondary N) is 1. The van der Waals surface area contributed by atoms with Crippen LogP contribution in [0, 0.1) is 11.3 Å². The molecule has 0 aromatic heterocycles. The van der Waals surface area contributed by atoms with E-state index in [0.29, 0.717) is 75.5 Å². The van der Waals surface area contributed by atoms with E-state index in [1.54, 1.807) is 58.7 Å². The number of carbonyl (C=O) groups is 5. The summed E-state index contributed by atoms with van der Waals surface area (Å²) < 4.78 is 39.1. The van der Waals surface area contributed by atoms with Crippen molar-refractivity contribution in [2.45, 2.75) is 119 Å². The van der Waals surface area contributed by atoms with Crippen molar-refractivity contribution >= 4 is 40.8 Å². The van der Waals surface area contributed by atoms with Gasteiger partial charge in [0, 0.05) is 37.8 Å². The van der Waals surface area contributed by atoms with Gasteiger partial charge in [0.15, 0.2) is 5.12 Å². The molecule has 1 aromatic carbocycles. The van der Waals surface area contributed by atoms with Crippen LogP contribution in [0.15, 0.2) is 35.9 Å². The van der Waals surface area contributed by atoms with Gasteiger partial charge in [-0.05, 0) is 63.6 Å². The maximum atomic E-state index is 14.7. The first-order valence-corrected chi connectivity index (χ1v) is 22.4. The van der Waals surface area contributed by atoms with Gasteiger partial charge in [0.2, 0.25) is 11.8 Å². The van der Waals surface area contributed by atoms with Crippen LogP contribution in [0.3, 0.4) is 0 Å². The first kappa shape index (κ1) is 56.3. The third-order valence-electron chi connectivity index (χ3n) is 9.62. The van der Waals surface area contributed by atoms with E-state index in [-0.39, 0.29) is 30.2 Å². The van der Waals surface area contributed by atoms with Gasteiger partial charge in [-0.15, -0.1) is 0 Å². The van der Waals surface area contributed by atoms with Gasteiger partial charge in [-0.25, -0.2) is 9.59 Å². The van der Waals surface area contributed by atoms with E-state index in [0.717, 1.165) is 0 Å². The van der Waals surface area contributed by atoms with Crippen molar-refractivity contribution in [3.63, 3.8) is 0 Å². The smallest absolute Gasteiger partial charge is 0.410 e. The lowest BCUT2D eigenvalue weighted by Gasteiger charge is -2.42. The highest BCUT2D eigenvalue weighted by Crippen LogP contribution is 2.34. The molecule has 0 fully saturated rings. The predicted molar refractivity (Wildman–Crippen MR) is 242 cm³/mol. The maximum absolute atomic E-state index is 14.7. The number of likely N-dealkylation sites (N-methyl/N-ethyl adjacent to an activating group) is 2. The molecule has 0 radical (unpaired) electrons. The van der Waals surface area contributed by atoms with E-state index >= 15 is 0 Å². The molecule has 0 aliphatic heterocycles. The molecule has 354 valence electrons. The highest BCUT2D eigenvalue weighted by Gasteiger charge is 2.46. The van der Waals surface area contributed by atoms with Crippen molar-refractivity contribution in [3.05, 3.63) is 41.5 Å². The van der Waals surface area contributed by atoms with Gasteiger partial charge in [0.1, 0.15) is 30.0 Å². The number of amides is 3. The number of benzene rings is 1. The Balaban J connectivity index is 3.12. The van der Waals surface area contributed by atoms with Gasteiger partial charge in [-0.3, -0.25) is 19.3 Å². The Bertz CT molecular complexity index is 1590. The summed E-state index contributed by atoms with van der Waals surface area (Å²) in [5.41, 5.74) is -1.55.